The lowest BCUT2D eigenvalue weighted by Crippen LogP contribution is -2.00. The van der Waals surface area contributed by atoms with Crippen LogP contribution in [0, 0.1) is 0 Å². The minimum absolute atomic E-state index is 0.131. The molecule has 0 saturated carbocycles. The Hall–Kier alpha value is -1.50. The largest absolute Gasteiger partial charge is 0.371 e. The molecule has 0 fully saturated rings. The molecule has 2 heterocycles. The molecule has 0 aliphatic carbocycles. The van der Waals surface area contributed by atoms with Gasteiger partial charge in [-0.3, -0.25) is 0 Å². The molecule has 0 amide bonds. The van der Waals surface area contributed by atoms with E-state index < -0.39 is 0 Å². The third kappa shape index (κ3) is 2.19. The lowest BCUT2D eigenvalue weighted by atomic mass is 10.3. The second kappa shape index (κ2) is 5.02. The molecular formula is C9H9ClN4O2. The molecule has 7 heteroatoms. The van der Waals surface area contributed by atoms with Crippen LogP contribution in [-0.4, -0.2) is 31.8 Å². The second-order valence-electron chi connectivity index (χ2n) is 2.90. The van der Waals surface area contributed by atoms with Crippen molar-refractivity contribution in [1.82, 2.24) is 19.9 Å². The summed E-state index contributed by atoms with van der Waals surface area (Å²) >= 11 is 6.09. The van der Waals surface area contributed by atoms with E-state index in [4.69, 9.17) is 21.4 Å². The minimum Gasteiger partial charge on any atom is -0.371 e. The summed E-state index contributed by atoms with van der Waals surface area (Å²) in [6, 6.07) is 0. The lowest BCUT2D eigenvalue weighted by Gasteiger charge is -2.05. The molecule has 6 nitrogen and oxygen atoms in total. The normalized spacial score (nSPS) is 10.6. The molecule has 0 aliphatic heterocycles. The number of aliphatic hydroxyl groups excluding tert-OH is 1. The van der Waals surface area contributed by atoms with Crippen molar-refractivity contribution in [3.05, 3.63) is 29.4 Å². The maximum atomic E-state index is 8.54. The van der Waals surface area contributed by atoms with Crippen LogP contribution in [0.4, 0.5) is 0 Å². The van der Waals surface area contributed by atoms with Crippen LogP contribution in [0.3, 0.4) is 0 Å². The standard InChI is InChI=1S/C9H9ClN4O2/c10-7-6(3-16-5-15)13-4-14-8(7)9-11-1-2-12-9/h1-2,4,15H,3,5H2,(H,11,12). The molecule has 2 N–H and O–H groups in total. The topological polar surface area (TPSA) is 83.9 Å². The number of aliphatic hydroxyl groups is 1. The number of H-pyrrole nitrogens is 1. The van der Waals surface area contributed by atoms with Crippen LogP contribution in [0.5, 0.6) is 0 Å². The van der Waals surface area contributed by atoms with Gasteiger partial charge in [0.15, 0.2) is 5.82 Å². The van der Waals surface area contributed by atoms with Gasteiger partial charge in [-0.1, -0.05) is 11.6 Å². The summed E-state index contributed by atoms with van der Waals surface area (Å²) in [5.74, 6) is 0.567. The maximum absolute atomic E-state index is 8.54. The molecule has 2 rings (SSSR count). The molecule has 16 heavy (non-hydrogen) atoms. The first-order chi connectivity index (χ1) is 7.83. The number of hydrogen-bond donors (Lipinski definition) is 2. The van der Waals surface area contributed by atoms with E-state index in [1.165, 1.54) is 6.33 Å². The monoisotopic (exact) mass is 240 g/mol. The molecule has 0 aromatic carbocycles. The highest BCUT2D eigenvalue weighted by molar-refractivity contribution is 6.33. The quantitative estimate of drug-likeness (QED) is 0.779. The smallest absolute Gasteiger partial charge is 0.157 e. The van der Waals surface area contributed by atoms with E-state index in [2.05, 4.69) is 19.9 Å². The van der Waals surface area contributed by atoms with E-state index in [0.717, 1.165) is 0 Å². The van der Waals surface area contributed by atoms with E-state index >= 15 is 0 Å². The Labute approximate surface area is 96.3 Å². The van der Waals surface area contributed by atoms with Gasteiger partial charge in [-0.25, -0.2) is 15.0 Å². The van der Waals surface area contributed by atoms with Crippen LogP contribution in [0.1, 0.15) is 5.69 Å². The van der Waals surface area contributed by atoms with Gasteiger partial charge in [0.2, 0.25) is 0 Å². The van der Waals surface area contributed by atoms with E-state index in [9.17, 15) is 0 Å². The number of rotatable bonds is 4. The van der Waals surface area contributed by atoms with Crippen LogP contribution in [0.2, 0.25) is 5.02 Å². The number of nitrogens with zero attached hydrogens (tertiary/aromatic N) is 3. The fourth-order valence-corrected chi connectivity index (χ4v) is 1.45. The average molecular weight is 241 g/mol. The van der Waals surface area contributed by atoms with E-state index in [1.807, 2.05) is 0 Å². The maximum Gasteiger partial charge on any atom is 0.157 e. The summed E-state index contributed by atoms with van der Waals surface area (Å²) in [7, 11) is 0. The van der Waals surface area contributed by atoms with Gasteiger partial charge in [-0.2, -0.15) is 0 Å². The molecular weight excluding hydrogens is 232 g/mol. The van der Waals surface area contributed by atoms with Gasteiger partial charge in [0.25, 0.3) is 0 Å². The zero-order valence-electron chi connectivity index (χ0n) is 8.22. The first-order valence-electron chi connectivity index (χ1n) is 4.50. The predicted octanol–water partition coefficient (Wildman–Crippen LogP) is 0.986. The third-order valence-corrected chi connectivity index (χ3v) is 2.31. The van der Waals surface area contributed by atoms with Gasteiger partial charge < -0.3 is 14.8 Å². The molecule has 0 aliphatic rings. The zero-order chi connectivity index (χ0) is 11.4. The van der Waals surface area contributed by atoms with Crippen molar-refractivity contribution in [3.8, 4) is 11.5 Å². The summed E-state index contributed by atoms with van der Waals surface area (Å²) in [5, 5.41) is 8.91. The van der Waals surface area contributed by atoms with Gasteiger partial charge in [-0.05, 0) is 0 Å². The highest BCUT2D eigenvalue weighted by Crippen LogP contribution is 2.24. The molecule has 0 bridgehead atoms. The van der Waals surface area contributed by atoms with Crippen molar-refractivity contribution in [2.45, 2.75) is 6.61 Å². The Morgan fingerprint density at radius 2 is 2.25 bits per heavy atom. The molecule has 0 spiro atoms. The molecule has 0 unspecified atom stereocenters. The van der Waals surface area contributed by atoms with Crippen molar-refractivity contribution in [3.63, 3.8) is 0 Å². The number of hydrogen-bond acceptors (Lipinski definition) is 5. The van der Waals surface area contributed by atoms with Crippen LogP contribution < -0.4 is 0 Å². The predicted molar refractivity (Wildman–Crippen MR) is 56.5 cm³/mol. The molecule has 2 aromatic heterocycles. The van der Waals surface area contributed by atoms with Crippen molar-refractivity contribution in [2.75, 3.05) is 6.79 Å². The number of nitrogens with one attached hydrogen (secondary N) is 1. The fraction of sp³-hybridized carbons (Fsp3) is 0.222. The van der Waals surface area contributed by atoms with Crippen molar-refractivity contribution < 1.29 is 9.84 Å². The number of halogens is 1. The number of imidazole rings is 1. The first kappa shape index (κ1) is 11.0. The molecule has 0 radical (unpaired) electrons. The van der Waals surface area contributed by atoms with Gasteiger partial charge >= 0.3 is 0 Å². The second-order valence-corrected chi connectivity index (χ2v) is 3.28. The fourth-order valence-electron chi connectivity index (χ4n) is 1.21. The summed E-state index contributed by atoms with van der Waals surface area (Å²) in [5.41, 5.74) is 1.02. The summed E-state index contributed by atoms with van der Waals surface area (Å²) in [6.45, 7) is -0.248. The van der Waals surface area contributed by atoms with Crippen LogP contribution >= 0.6 is 11.6 Å². The Morgan fingerprint density at radius 3 is 2.94 bits per heavy atom. The van der Waals surface area contributed by atoms with Gasteiger partial charge in [0.1, 0.15) is 18.8 Å². The average Bonchev–Trinajstić information content (AvgIpc) is 2.81. The molecule has 0 atom stereocenters. The van der Waals surface area contributed by atoms with Crippen LogP contribution in [0.15, 0.2) is 18.7 Å². The Kier molecular flexibility index (Phi) is 3.45. The van der Waals surface area contributed by atoms with Crippen molar-refractivity contribution in [2.24, 2.45) is 0 Å². The first-order valence-corrected chi connectivity index (χ1v) is 4.88. The van der Waals surface area contributed by atoms with Gasteiger partial charge in [0, 0.05) is 12.4 Å². The number of aromatic nitrogens is 4. The van der Waals surface area contributed by atoms with Crippen LogP contribution in [-0.2, 0) is 11.3 Å². The van der Waals surface area contributed by atoms with E-state index in [0.29, 0.717) is 22.2 Å². The minimum atomic E-state index is -0.379. The summed E-state index contributed by atoms with van der Waals surface area (Å²) in [6.07, 6.45) is 4.66. The van der Waals surface area contributed by atoms with Gasteiger partial charge in [0.05, 0.1) is 17.3 Å². The van der Waals surface area contributed by atoms with E-state index in [-0.39, 0.29) is 13.4 Å². The third-order valence-electron chi connectivity index (χ3n) is 1.91. The highest BCUT2D eigenvalue weighted by Gasteiger charge is 2.12. The summed E-state index contributed by atoms with van der Waals surface area (Å²) in [4.78, 5) is 14.9. The Morgan fingerprint density at radius 1 is 1.38 bits per heavy atom. The highest BCUT2D eigenvalue weighted by atomic mass is 35.5. The number of ether oxygens (including phenoxy) is 1. The number of aromatic amines is 1. The zero-order valence-corrected chi connectivity index (χ0v) is 8.98. The Balaban J connectivity index is 2.33. The van der Waals surface area contributed by atoms with Crippen molar-refractivity contribution in [1.29, 1.82) is 0 Å². The van der Waals surface area contributed by atoms with Crippen LogP contribution in [0.25, 0.3) is 11.5 Å². The molecule has 84 valence electrons. The van der Waals surface area contributed by atoms with E-state index in [1.54, 1.807) is 12.4 Å². The SMILES string of the molecule is OCOCc1ncnc(-c2ncc[nH]2)c1Cl. The summed E-state index contributed by atoms with van der Waals surface area (Å²) < 4.78 is 4.82. The molecule has 0 saturated heterocycles. The van der Waals surface area contributed by atoms with Gasteiger partial charge in [-0.15, -0.1) is 0 Å². The Bertz CT molecular complexity index is 461. The van der Waals surface area contributed by atoms with Crippen molar-refractivity contribution >= 4 is 11.6 Å². The molecule has 2 aromatic rings. The lowest BCUT2D eigenvalue weighted by molar-refractivity contribution is -0.0125.